The minimum absolute atomic E-state index is 0.283. The van der Waals surface area contributed by atoms with E-state index in [2.05, 4.69) is 0 Å². The maximum atomic E-state index is 5.64. The molecule has 0 radical (unpaired) electrons. The molecule has 0 bridgehead atoms. The average molecular weight is 266 g/mol. The molecular formula is C10H22O6Si. The molecular weight excluding hydrogens is 244 g/mol. The summed E-state index contributed by atoms with van der Waals surface area (Å²) in [7, 11) is 0.495. The first kappa shape index (κ1) is 15.0. The summed E-state index contributed by atoms with van der Waals surface area (Å²) in [5, 5.41) is 0. The van der Waals surface area contributed by atoms with Crippen LogP contribution in [0.5, 0.6) is 0 Å². The third-order valence-corrected chi connectivity index (χ3v) is 4.81. The number of rotatable bonds is 11. The van der Waals surface area contributed by atoms with E-state index < -0.39 is 8.80 Å². The van der Waals surface area contributed by atoms with Crippen LogP contribution < -0.4 is 0 Å². The first-order valence-corrected chi connectivity index (χ1v) is 7.71. The summed E-state index contributed by atoms with van der Waals surface area (Å²) in [6.07, 6.45) is 0.646. The normalized spacial score (nSPS) is 19.6. The maximum absolute atomic E-state index is 5.64. The third kappa shape index (κ3) is 5.91. The van der Waals surface area contributed by atoms with Gasteiger partial charge in [0.25, 0.3) is 0 Å². The molecule has 1 unspecified atom stereocenters. The summed E-state index contributed by atoms with van der Waals surface area (Å²) in [6, 6.07) is 0. The second-order valence-corrected chi connectivity index (χ2v) is 6.37. The van der Waals surface area contributed by atoms with E-state index in [0.717, 1.165) is 6.61 Å². The van der Waals surface area contributed by atoms with E-state index in [1.807, 2.05) is 6.92 Å². The fourth-order valence-electron chi connectivity index (χ4n) is 1.22. The molecule has 7 heteroatoms. The SMILES string of the molecule is CCOC[Si](OC)(OC)OCCOCC1CO1. The average Bonchev–Trinajstić information content (AvgIpc) is 3.17. The van der Waals surface area contributed by atoms with Crippen LogP contribution in [0.2, 0.25) is 0 Å². The van der Waals surface area contributed by atoms with Crippen molar-refractivity contribution in [1.29, 1.82) is 0 Å². The molecule has 0 aliphatic carbocycles. The highest BCUT2D eigenvalue weighted by molar-refractivity contribution is 6.60. The van der Waals surface area contributed by atoms with Gasteiger partial charge in [-0.1, -0.05) is 0 Å². The van der Waals surface area contributed by atoms with Crippen LogP contribution in [0.3, 0.4) is 0 Å². The molecule has 0 spiro atoms. The Morgan fingerprint density at radius 2 is 1.88 bits per heavy atom. The minimum Gasteiger partial charge on any atom is -0.377 e. The van der Waals surface area contributed by atoms with Gasteiger partial charge in [0.15, 0.2) is 0 Å². The van der Waals surface area contributed by atoms with Gasteiger partial charge >= 0.3 is 8.80 Å². The largest absolute Gasteiger partial charge is 0.527 e. The van der Waals surface area contributed by atoms with Crippen LogP contribution in [-0.2, 0) is 27.5 Å². The minimum atomic E-state index is -2.66. The van der Waals surface area contributed by atoms with Gasteiger partial charge in [-0.3, -0.25) is 0 Å². The van der Waals surface area contributed by atoms with Gasteiger partial charge in [0, 0.05) is 20.8 Å². The first-order chi connectivity index (χ1) is 8.26. The zero-order valence-corrected chi connectivity index (χ0v) is 11.8. The molecule has 1 atom stereocenters. The van der Waals surface area contributed by atoms with Crippen molar-refractivity contribution in [3.8, 4) is 0 Å². The van der Waals surface area contributed by atoms with E-state index >= 15 is 0 Å². The Bertz CT molecular complexity index is 195. The van der Waals surface area contributed by atoms with Crippen molar-refractivity contribution in [1.82, 2.24) is 0 Å². The molecule has 0 N–H and O–H groups in total. The predicted octanol–water partition coefficient (Wildman–Crippen LogP) is 0.226. The zero-order chi connectivity index (χ0) is 12.6. The predicted molar refractivity (Wildman–Crippen MR) is 62.8 cm³/mol. The monoisotopic (exact) mass is 266 g/mol. The molecule has 6 nitrogen and oxygen atoms in total. The van der Waals surface area contributed by atoms with Crippen LogP contribution in [0.25, 0.3) is 0 Å². The number of hydrogen-bond acceptors (Lipinski definition) is 6. The molecule has 1 saturated heterocycles. The van der Waals surface area contributed by atoms with Gasteiger partial charge < -0.3 is 27.5 Å². The van der Waals surface area contributed by atoms with Gasteiger partial charge in [-0.25, -0.2) is 0 Å². The number of hydrogen-bond donors (Lipinski definition) is 0. The van der Waals surface area contributed by atoms with Gasteiger partial charge in [0.1, 0.15) is 12.3 Å². The quantitative estimate of drug-likeness (QED) is 0.303. The topological polar surface area (TPSA) is 58.7 Å². The van der Waals surface area contributed by atoms with Crippen LogP contribution in [0, 0.1) is 0 Å². The van der Waals surface area contributed by atoms with E-state index in [-0.39, 0.29) is 6.10 Å². The summed E-state index contributed by atoms with van der Waals surface area (Å²) >= 11 is 0. The molecule has 0 aromatic carbocycles. The highest BCUT2D eigenvalue weighted by Crippen LogP contribution is 2.10. The highest BCUT2D eigenvalue weighted by atomic mass is 28.4. The molecule has 0 saturated carbocycles. The van der Waals surface area contributed by atoms with Crippen molar-refractivity contribution >= 4 is 8.80 Å². The van der Waals surface area contributed by atoms with E-state index in [1.165, 1.54) is 0 Å². The Balaban J connectivity index is 2.12. The summed E-state index contributed by atoms with van der Waals surface area (Å²) in [6.45, 7) is 4.91. The van der Waals surface area contributed by atoms with Crippen LogP contribution >= 0.6 is 0 Å². The van der Waals surface area contributed by atoms with E-state index in [1.54, 1.807) is 14.2 Å². The Morgan fingerprint density at radius 3 is 2.41 bits per heavy atom. The molecule has 0 aromatic heterocycles. The summed E-state index contributed by atoms with van der Waals surface area (Å²) in [5.74, 6) is 0. The fraction of sp³-hybridized carbons (Fsp3) is 1.00. The molecule has 1 aliphatic rings. The van der Waals surface area contributed by atoms with Crippen LogP contribution in [0.1, 0.15) is 6.92 Å². The lowest BCUT2D eigenvalue weighted by Crippen LogP contribution is -2.49. The molecule has 1 aliphatic heterocycles. The molecule has 0 amide bonds. The molecule has 1 heterocycles. The standard InChI is InChI=1S/C10H22O6Si/c1-4-13-9-17(11-2,12-3)16-6-5-14-7-10-8-15-10/h10H,4-9H2,1-3H3. The molecule has 0 aromatic rings. The highest BCUT2D eigenvalue weighted by Gasteiger charge is 2.39. The van der Waals surface area contributed by atoms with Crippen LogP contribution in [0.4, 0.5) is 0 Å². The summed E-state index contributed by atoms with van der Waals surface area (Å²) in [4.78, 5) is 0. The van der Waals surface area contributed by atoms with Crippen molar-refractivity contribution in [3.63, 3.8) is 0 Å². The Kier molecular flexibility index (Phi) is 7.20. The van der Waals surface area contributed by atoms with Crippen molar-refractivity contribution < 1.29 is 27.5 Å². The van der Waals surface area contributed by atoms with E-state index in [0.29, 0.717) is 32.7 Å². The first-order valence-electron chi connectivity index (χ1n) is 5.77. The van der Waals surface area contributed by atoms with Crippen molar-refractivity contribution in [2.75, 3.05) is 53.5 Å². The fourth-order valence-corrected chi connectivity index (χ4v) is 2.79. The number of ether oxygens (including phenoxy) is 3. The van der Waals surface area contributed by atoms with Crippen molar-refractivity contribution in [3.05, 3.63) is 0 Å². The number of epoxide rings is 1. The Hall–Kier alpha value is -0.0231. The van der Waals surface area contributed by atoms with Gasteiger partial charge in [-0.05, 0) is 6.92 Å². The lowest BCUT2D eigenvalue weighted by molar-refractivity contribution is 0.0237. The third-order valence-electron chi connectivity index (χ3n) is 2.36. The molecule has 17 heavy (non-hydrogen) atoms. The van der Waals surface area contributed by atoms with Crippen LogP contribution in [-0.4, -0.2) is 68.4 Å². The molecule has 102 valence electrons. The second kappa shape index (κ2) is 8.14. The molecule has 1 fully saturated rings. The Labute approximate surface area is 103 Å². The zero-order valence-electron chi connectivity index (χ0n) is 10.8. The summed E-state index contributed by atoms with van der Waals surface area (Å²) in [5.41, 5.74) is 0. The lowest BCUT2D eigenvalue weighted by atomic mass is 10.5. The van der Waals surface area contributed by atoms with Crippen molar-refractivity contribution in [2.24, 2.45) is 0 Å². The van der Waals surface area contributed by atoms with Gasteiger partial charge in [0.05, 0.1) is 26.4 Å². The smallest absolute Gasteiger partial charge is 0.377 e. The van der Waals surface area contributed by atoms with Gasteiger partial charge in [-0.15, -0.1) is 0 Å². The molecule has 1 rings (SSSR count). The van der Waals surface area contributed by atoms with Gasteiger partial charge in [0.2, 0.25) is 0 Å². The summed E-state index contributed by atoms with van der Waals surface area (Å²) < 4.78 is 32.0. The van der Waals surface area contributed by atoms with Gasteiger partial charge in [-0.2, -0.15) is 0 Å². The Morgan fingerprint density at radius 1 is 1.18 bits per heavy atom. The maximum Gasteiger partial charge on any atom is 0.527 e. The van der Waals surface area contributed by atoms with Crippen LogP contribution in [0.15, 0.2) is 0 Å². The lowest BCUT2D eigenvalue weighted by Gasteiger charge is -2.25. The van der Waals surface area contributed by atoms with E-state index in [9.17, 15) is 0 Å². The van der Waals surface area contributed by atoms with Crippen molar-refractivity contribution in [2.45, 2.75) is 13.0 Å². The second-order valence-electron chi connectivity index (χ2n) is 3.61. The van der Waals surface area contributed by atoms with E-state index in [4.69, 9.17) is 27.5 Å².